The topological polar surface area (TPSA) is 41.5 Å². The molecule has 0 amide bonds. The Balaban J connectivity index is 1.69. The molecule has 0 radical (unpaired) electrons. The van der Waals surface area contributed by atoms with Crippen LogP contribution in [-0.4, -0.2) is 24.4 Å². The number of halogens is 2. The summed E-state index contributed by atoms with van der Waals surface area (Å²) in [5.74, 6) is -0.284. The van der Waals surface area contributed by atoms with Gasteiger partial charge in [-0.2, -0.15) is 0 Å². The molecule has 0 aromatic heterocycles. The zero-order chi connectivity index (χ0) is 15.1. The summed E-state index contributed by atoms with van der Waals surface area (Å²) in [5, 5.41) is 13.6. The van der Waals surface area contributed by atoms with Gasteiger partial charge >= 0.3 is 0 Å². The van der Waals surface area contributed by atoms with Gasteiger partial charge in [-0.25, -0.2) is 4.39 Å². The third kappa shape index (κ3) is 5.34. The van der Waals surface area contributed by atoms with E-state index in [4.69, 9.17) is 16.3 Å². The molecule has 0 bridgehead atoms. The lowest BCUT2D eigenvalue weighted by Crippen LogP contribution is -2.31. The Kier molecular flexibility index (Phi) is 5.99. The Morgan fingerprint density at radius 1 is 1.14 bits per heavy atom. The first kappa shape index (κ1) is 15.8. The molecule has 0 aliphatic carbocycles. The first-order valence-electron chi connectivity index (χ1n) is 6.65. The summed E-state index contributed by atoms with van der Waals surface area (Å²) in [6.45, 7) is 1.01. The van der Waals surface area contributed by atoms with Crippen molar-refractivity contribution in [2.45, 2.75) is 12.6 Å². The van der Waals surface area contributed by atoms with Gasteiger partial charge in [0.25, 0.3) is 0 Å². The van der Waals surface area contributed by atoms with Gasteiger partial charge in [0.15, 0.2) is 11.6 Å². The summed E-state index contributed by atoms with van der Waals surface area (Å²) < 4.78 is 18.5. The third-order valence-corrected chi connectivity index (χ3v) is 3.14. The highest BCUT2D eigenvalue weighted by Gasteiger charge is 2.07. The molecule has 0 saturated heterocycles. The second-order valence-corrected chi connectivity index (χ2v) is 5.09. The second-order valence-electron chi connectivity index (χ2n) is 4.65. The highest BCUT2D eigenvalue weighted by atomic mass is 35.5. The quantitative estimate of drug-likeness (QED) is 0.826. The monoisotopic (exact) mass is 309 g/mol. The summed E-state index contributed by atoms with van der Waals surface area (Å²) in [5.41, 5.74) is 1.07. The molecule has 2 aromatic rings. The lowest BCUT2D eigenvalue weighted by atomic mass is 10.2. The second kappa shape index (κ2) is 7.98. The van der Waals surface area contributed by atoms with Crippen LogP contribution in [0.15, 0.2) is 48.5 Å². The summed E-state index contributed by atoms with van der Waals surface area (Å²) in [4.78, 5) is 0. The number of ether oxygens (including phenoxy) is 1. The normalized spacial score (nSPS) is 12.1. The maximum atomic E-state index is 13.3. The van der Waals surface area contributed by atoms with Gasteiger partial charge in [-0.15, -0.1) is 0 Å². The van der Waals surface area contributed by atoms with Crippen LogP contribution in [0.3, 0.4) is 0 Å². The molecule has 0 fully saturated rings. The van der Waals surface area contributed by atoms with Crippen molar-refractivity contribution in [3.8, 4) is 5.75 Å². The molecule has 0 aliphatic heterocycles. The molecule has 1 atom stereocenters. The largest absolute Gasteiger partial charge is 0.488 e. The van der Waals surface area contributed by atoms with Crippen molar-refractivity contribution < 1.29 is 14.2 Å². The Bertz CT molecular complexity index is 562. The van der Waals surface area contributed by atoms with Crippen LogP contribution in [0.2, 0.25) is 5.02 Å². The Labute approximate surface area is 128 Å². The lowest BCUT2D eigenvalue weighted by Gasteiger charge is -2.13. The maximum Gasteiger partial charge on any atom is 0.165 e. The number of aliphatic hydroxyl groups excluding tert-OH is 1. The van der Waals surface area contributed by atoms with E-state index in [9.17, 15) is 9.50 Å². The van der Waals surface area contributed by atoms with Crippen LogP contribution in [0.1, 0.15) is 5.56 Å². The van der Waals surface area contributed by atoms with E-state index in [0.717, 1.165) is 5.56 Å². The fourth-order valence-electron chi connectivity index (χ4n) is 1.79. The molecule has 0 aliphatic rings. The minimum Gasteiger partial charge on any atom is -0.488 e. The molecule has 0 saturated carbocycles. The van der Waals surface area contributed by atoms with E-state index in [2.05, 4.69) is 5.32 Å². The van der Waals surface area contributed by atoms with E-state index in [1.54, 1.807) is 12.1 Å². The molecule has 5 heteroatoms. The molecule has 2 N–H and O–H groups in total. The van der Waals surface area contributed by atoms with E-state index < -0.39 is 11.9 Å². The highest BCUT2D eigenvalue weighted by Crippen LogP contribution is 2.15. The van der Waals surface area contributed by atoms with E-state index in [1.165, 1.54) is 12.1 Å². The fraction of sp³-hybridized carbons (Fsp3) is 0.250. The molecule has 112 valence electrons. The van der Waals surface area contributed by atoms with Crippen LogP contribution in [-0.2, 0) is 6.54 Å². The number of hydrogen-bond acceptors (Lipinski definition) is 3. The molecular formula is C16H17ClFNO2. The van der Waals surface area contributed by atoms with Crippen molar-refractivity contribution in [1.29, 1.82) is 0 Å². The first-order valence-corrected chi connectivity index (χ1v) is 7.03. The number of aliphatic hydroxyl groups is 1. The molecular weight excluding hydrogens is 293 g/mol. The lowest BCUT2D eigenvalue weighted by molar-refractivity contribution is 0.104. The van der Waals surface area contributed by atoms with E-state index in [0.29, 0.717) is 18.1 Å². The summed E-state index contributed by atoms with van der Waals surface area (Å²) in [6, 6.07) is 13.6. The SMILES string of the molecule is OC(CNCc1ccc(Cl)cc1)COc1ccccc1F. The molecule has 3 nitrogen and oxygen atoms in total. The predicted molar refractivity (Wildman–Crippen MR) is 81.1 cm³/mol. The summed E-state index contributed by atoms with van der Waals surface area (Å²) in [6.07, 6.45) is -0.711. The van der Waals surface area contributed by atoms with Gasteiger partial charge in [-0.3, -0.25) is 0 Å². The molecule has 2 aromatic carbocycles. The van der Waals surface area contributed by atoms with Gasteiger partial charge in [-0.05, 0) is 29.8 Å². The zero-order valence-corrected chi connectivity index (χ0v) is 12.2. The van der Waals surface area contributed by atoms with Crippen LogP contribution >= 0.6 is 11.6 Å². The van der Waals surface area contributed by atoms with Crippen molar-refractivity contribution in [2.24, 2.45) is 0 Å². The van der Waals surface area contributed by atoms with Crippen LogP contribution < -0.4 is 10.1 Å². The summed E-state index contributed by atoms with van der Waals surface area (Å²) >= 11 is 5.80. The zero-order valence-electron chi connectivity index (χ0n) is 11.4. The fourth-order valence-corrected chi connectivity index (χ4v) is 1.92. The molecule has 0 heterocycles. The van der Waals surface area contributed by atoms with Crippen LogP contribution in [0.5, 0.6) is 5.75 Å². The Morgan fingerprint density at radius 2 is 1.86 bits per heavy atom. The van der Waals surface area contributed by atoms with E-state index in [1.807, 2.05) is 24.3 Å². The molecule has 1 unspecified atom stereocenters. The highest BCUT2D eigenvalue weighted by molar-refractivity contribution is 6.30. The van der Waals surface area contributed by atoms with Crippen molar-refractivity contribution >= 4 is 11.6 Å². The van der Waals surface area contributed by atoms with Crippen LogP contribution in [0.25, 0.3) is 0 Å². The predicted octanol–water partition coefficient (Wildman–Crippen LogP) is 3.01. The number of benzene rings is 2. The minimum atomic E-state index is -0.711. The third-order valence-electron chi connectivity index (χ3n) is 2.89. The Hall–Kier alpha value is -1.62. The van der Waals surface area contributed by atoms with Gasteiger partial charge in [0.05, 0.1) is 0 Å². The van der Waals surface area contributed by atoms with Gasteiger partial charge in [0.2, 0.25) is 0 Å². The molecule has 21 heavy (non-hydrogen) atoms. The van der Waals surface area contributed by atoms with Gasteiger partial charge in [-0.1, -0.05) is 35.9 Å². The van der Waals surface area contributed by atoms with Crippen molar-refractivity contribution in [2.75, 3.05) is 13.2 Å². The number of para-hydroxylation sites is 1. The van der Waals surface area contributed by atoms with Gasteiger partial charge in [0.1, 0.15) is 12.7 Å². The van der Waals surface area contributed by atoms with Gasteiger partial charge in [0, 0.05) is 18.1 Å². The van der Waals surface area contributed by atoms with E-state index in [-0.39, 0.29) is 12.4 Å². The standard InChI is InChI=1S/C16H17ClFNO2/c17-13-7-5-12(6-8-13)9-19-10-14(20)11-21-16-4-2-1-3-15(16)18/h1-8,14,19-20H,9-11H2. The average Bonchev–Trinajstić information content (AvgIpc) is 2.48. The Morgan fingerprint density at radius 3 is 2.57 bits per heavy atom. The number of nitrogens with one attached hydrogen (secondary N) is 1. The van der Waals surface area contributed by atoms with Crippen LogP contribution in [0.4, 0.5) is 4.39 Å². The maximum absolute atomic E-state index is 13.3. The van der Waals surface area contributed by atoms with Crippen LogP contribution in [0, 0.1) is 5.82 Å². The van der Waals surface area contributed by atoms with Crippen molar-refractivity contribution in [3.05, 3.63) is 64.9 Å². The smallest absolute Gasteiger partial charge is 0.165 e. The van der Waals surface area contributed by atoms with Crippen molar-refractivity contribution in [1.82, 2.24) is 5.32 Å². The van der Waals surface area contributed by atoms with Crippen molar-refractivity contribution in [3.63, 3.8) is 0 Å². The number of rotatable bonds is 7. The minimum absolute atomic E-state index is 0.0363. The van der Waals surface area contributed by atoms with E-state index >= 15 is 0 Å². The molecule has 0 spiro atoms. The average molecular weight is 310 g/mol. The number of hydrogen-bond donors (Lipinski definition) is 2. The van der Waals surface area contributed by atoms with Gasteiger partial charge < -0.3 is 15.2 Å². The molecule has 2 rings (SSSR count). The first-order chi connectivity index (χ1) is 10.1. The summed E-state index contributed by atoms with van der Waals surface area (Å²) in [7, 11) is 0.